The molecule has 0 saturated heterocycles. The van der Waals surface area contributed by atoms with Crippen LogP contribution in [0.25, 0.3) is 11.4 Å². The zero-order valence-electron chi connectivity index (χ0n) is 23.4. The van der Waals surface area contributed by atoms with Crippen molar-refractivity contribution in [1.82, 2.24) is 9.55 Å². The first-order chi connectivity index (χ1) is 19.1. The van der Waals surface area contributed by atoms with Gasteiger partial charge in [0, 0.05) is 28.0 Å². The zero-order valence-corrected chi connectivity index (χ0v) is 24.1. The molecule has 6 rings (SSSR count). The quantitative estimate of drug-likeness (QED) is 0.286. The Kier molecular flexibility index (Phi) is 6.04. The third kappa shape index (κ3) is 3.53. The second-order valence-corrected chi connectivity index (χ2v) is 11.5. The molecule has 1 aromatic heterocycles. The monoisotopic (exact) mass is 554 g/mol. The molecule has 3 aromatic carbocycles. The van der Waals surface area contributed by atoms with Gasteiger partial charge in [-0.05, 0) is 74.2 Å². The molecule has 1 N–H and O–H groups in total. The highest BCUT2D eigenvalue weighted by molar-refractivity contribution is 6.31. The third-order valence-corrected chi connectivity index (χ3v) is 8.09. The molecule has 0 aliphatic carbocycles. The van der Waals surface area contributed by atoms with Gasteiger partial charge in [-0.1, -0.05) is 49.7 Å². The fourth-order valence-corrected chi connectivity index (χ4v) is 6.22. The number of imidazole rings is 1. The van der Waals surface area contributed by atoms with E-state index in [0.29, 0.717) is 45.1 Å². The lowest BCUT2D eigenvalue weighted by atomic mass is 9.86. The number of methoxy groups -OCH3 is 1. The molecule has 2 aliphatic heterocycles. The fourth-order valence-electron chi connectivity index (χ4n) is 6.03. The Hall–Kier alpha value is -4.10. The largest absolute Gasteiger partial charge is 0.496 e. The van der Waals surface area contributed by atoms with Gasteiger partial charge in [0.15, 0.2) is 11.2 Å². The van der Waals surface area contributed by atoms with Crippen molar-refractivity contribution in [2.24, 2.45) is 0 Å². The van der Waals surface area contributed by atoms with Crippen LogP contribution in [-0.4, -0.2) is 28.5 Å². The Morgan fingerprint density at radius 1 is 1.00 bits per heavy atom. The smallest absolute Gasteiger partial charge is 0.280 e. The molecule has 2 amide bonds. The number of fused-ring (bicyclic) bond motifs is 4. The van der Waals surface area contributed by atoms with Crippen molar-refractivity contribution in [3.63, 3.8) is 0 Å². The molecule has 1 atom stereocenters. The van der Waals surface area contributed by atoms with E-state index in [4.69, 9.17) is 21.3 Å². The standard InChI is InChI=1S/C32H31ClN4O3/c1-17(2)20-11-12-23(26(15-20)40-6)29-35-27-28(36(29)18(3)4)32(24-13-10-19(5)14-25(24)34-31(32)39)37(30(27)38)22-9-7-8-21(33)16-22/h7-18H,1-6H3,(H,34,39). The molecule has 204 valence electrons. The lowest BCUT2D eigenvalue weighted by Gasteiger charge is -2.35. The average molecular weight is 555 g/mol. The van der Waals surface area contributed by atoms with Crippen molar-refractivity contribution in [3.8, 4) is 17.1 Å². The van der Waals surface area contributed by atoms with Crippen LogP contribution < -0.4 is 15.0 Å². The number of hydrogen-bond acceptors (Lipinski definition) is 4. The minimum atomic E-state index is -1.47. The van der Waals surface area contributed by atoms with Crippen LogP contribution in [0.15, 0.2) is 60.7 Å². The summed E-state index contributed by atoms with van der Waals surface area (Å²) in [6.07, 6.45) is 0. The number of aromatic nitrogens is 2. The number of anilines is 2. The lowest BCUT2D eigenvalue weighted by Crippen LogP contribution is -2.51. The number of amides is 2. The van der Waals surface area contributed by atoms with Gasteiger partial charge in [-0.15, -0.1) is 0 Å². The van der Waals surface area contributed by atoms with Gasteiger partial charge in [-0.25, -0.2) is 4.98 Å². The molecule has 3 heterocycles. The fraction of sp³-hybridized carbons (Fsp3) is 0.281. The van der Waals surface area contributed by atoms with E-state index in [1.807, 2.05) is 55.7 Å². The number of rotatable bonds is 5. The summed E-state index contributed by atoms with van der Waals surface area (Å²) < 4.78 is 7.83. The van der Waals surface area contributed by atoms with Crippen LogP contribution in [-0.2, 0) is 10.3 Å². The van der Waals surface area contributed by atoms with Crippen molar-refractivity contribution in [2.75, 3.05) is 17.3 Å². The molecule has 2 aliphatic rings. The SMILES string of the molecule is COc1cc(C(C)C)ccc1-c1nc2c(n1C(C)C)C1(C(=O)Nc3cc(C)ccc31)N(c1cccc(Cl)c1)C2=O. The minimum Gasteiger partial charge on any atom is -0.496 e. The molecule has 0 radical (unpaired) electrons. The van der Waals surface area contributed by atoms with Crippen LogP contribution in [0.2, 0.25) is 5.02 Å². The number of nitrogens with one attached hydrogen (secondary N) is 1. The zero-order chi connectivity index (χ0) is 28.5. The highest BCUT2D eigenvalue weighted by Gasteiger charge is 2.64. The molecular formula is C32H31ClN4O3. The number of carbonyl (C=O) groups is 2. The maximum Gasteiger partial charge on any atom is 0.280 e. The summed E-state index contributed by atoms with van der Waals surface area (Å²) in [7, 11) is 1.63. The topological polar surface area (TPSA) is 76.5 Å². The van der Waals surface area contributed by atoms with E-state index in [-0.39, 0.29) is 23.6 Å². The summed E-state index contributed by atoms with van der Waals surface area (Å²) in [6.45, 7) is 10.3. The molecule has 8 heteroatoms. The number of hydrogen-bond donors (Lipinski definition) is 1. The Morgan fingerprint density at radius 2 is 1.77 bits per heavy atom. The van der Waals surface area contributed by atoms with E-state index in [2.05, 4.69) is 25.2 Å². The van der Waals surface area contributed by atoms with Crippen LogP contribution >= 0.6 is 11.6 Å². The number of nitrogens with zero attached hydrogens (tertiary/aromatic N) is 3. The predicted molar refractivity (Wildman–Crippen MR) is 158 cm³/mol. The van der Waals surface area contributed by atoms with Gasteiger partial charge in [-0.3, -0.25) is 14.5 Å². The number of aryl methyl sites for hydroxylation is 1. The van der Waals surface area contributed by atoms with E-state index in [1.54, 1.807) is 36.3 Å². The molecule has 7 nitrogen and oxygen atoms in total. The Balaban J connectivity index is 1.70. The van der Waals surface area contributed by atoms with Gasteiger partial charge < -0.3 is 14.6 Å². The van der Waals surface area contributed by atoms with E-state index in [0.717, 1.165) is 16.7 Å². The van der Waals surface area contributed by atoms with E-state index in [1.165, 1.54) is 0 Å². The number of halogens is 1. The Bertz CT molecular complexity index is 1710. The van der Waals surface area contributed by atoms with Crippen molar-refractivity contribution in [2.45, 2.75) is 52.1 Å². The van der Waals surface area contributed by atoms with E-state index < -0.39 is 5.54 Å². The second kappa shape index (κ2) is 9.24. The Morgan fingerprint density at radius 3 is 2.45 bits per heavy atom. The summed E-state index contributed by atoms with van der Waals surface area (Å²) in [4.78, 5) is 35.2. The van der Waals surface area contributed by atoms with Gasteiger partial charge in [0.05, 0.1) is 18.4 Å². The van der Waals surface area contributed by atoms with Crippen LogP contribution in [0.3, 0.4) is 0 Å². The normalized spacial score (nSPS) is 17.7. The molecular weight excluding hydrogens is 524 g/mol. The number of carbonyl (C=O) groups excluding carboxylic acids is 2. The third-order valence-electron chi connectivity index (χ3n) is 7.85. The van der Waals surface area contributed by atoms with Gasteiger partial charge in [-0.2, -0.15) is 0 Å². The summed E-state index contributed by atoms with van der Waals surface area (Å²) in [6, 6.07) is 18.8. The van der Waals surface area contributed by atoms with Crippen LogP contribution in [0.1, 0.15) is 72.5 Å². The van der Waals surface area contributed by atoms with E-state index >= 15 is 0 Å². The highest BCUT2D eigenvalue weighted by atomic mass is 35.5. The van der Waals surface area contributed by atoms with E-state index in [9.17, 15) is 9.59 Å². The van der Waals surface area contributed by atoms with Gasteiger partial charge in [0.2, 0.25) is 0 Å². The maximum atomic E-state index is 14.4. The molecule has 40 heavy (non-hydrogen) atoms. The molecule has 1 unspecified atom stereocenters. The first-order valence-corrected chi connectivity index (χ1v) is 13.8. The van der Waals surface area contributed by atoms with Gasteiger partial charge in [0.1, 0.15) is 11.6 Å². The maximum absolute atomic E-state index is 14.4. The van der Waals surface area contributed by atoms with Crippen LogP contribution in [0.4, 0.5) is 11.4 Å². The summed E-state index contributed by atoms with van der Waals surface area (Å²) in [5.41, 5.74) is 4.10. The van der Waals surface area contributed by atoms with Gasteiger partial charge >= 0.3 is 0 Å². The lowest BCUT2D eigenvalue weighted by molar-refractivity contribution is -0.119. The number of ether oxygens (including phenoxy) is 1. The summed E-state index contributed by atoms with van der Waals surface area (Å²) in [5.74, 6) is 0.891. The summed E-state index contributed by atoms with van der Waals surface area (Å²) >= 11 is 6.39. The van der Waals surface area contributed by atoms with Crippen molar-refractivity contribution in [1.29, 1.82) is 0 Å². The molecule has 4 aromatic rings. The minimum absolute atomic E-state index is 0.132. The molecule has 0 saturated carbocycles. The van der Waals surface area contributed by atoms with Crippen molar-refractivity contribution in [3.05, 3.63) is 93.8 Å². The average Bonchev–Trinajstić information content (AvgIpc) is 3.52. The molecule has 0 fully saturated rings. The summed E-state index contributed by atoms with van der Waals surface area (Å²) in [5, 5.41) is 3.54. The van der Waals surface area contributed by atoms with Crippen molar-refractivity contribution < 1.29 is 14.3 Å². The number of benzene rings is 3. The van der Waals surface area contributed by atoms with Crippen LogP contribution in [0.5, 0.6) is 5.75 Å². The second-order valence-electron chi connectivity index (χ2n) is 11.0. The first kappa shape index (κ1) is 26.1. The highest BCUT2D eigenvalue weighted by Crippen LogP contribution is 2.54. The van der Waals surface area contributed by atoms with Crippen molar-refractivity contribution >= 4 is 34.8 Å². The predicted octanol–water partition coefficient (Wildman–Crippen LogP) is 7.08. The first-order valence-electron chi connectivity index (χ1n) is 13.4. The van der Waals surface area contributed by atoms with Crippen LogP contribution in [0, 0.1) is 6.92 Å². The molecule has 0 bridgehead atoms. The molecule has 1 spiro atoms. The Labute approximate surface area is 238 Å². The van der Waals surface area contributed by atoms with Gasteiger partial charge in [0.25, 0.3) is 11.8 Å².